The van der Waals surface area contributed by atoms with E-state index >= 15 is 0 Å². The molecule has 2 N–H and O–H groups in total. The zero-order valence-corrected chi connectivity index (χ0v) is 11.9. The number of amides is 1. The van der Waals surface area contributed by atoms with E-state index in [1.807, 2.05) is 12.1 Å². The second-order valence-electron chi connectivity index (χ2n) is 4.62. The van der Waals surface area contributed by atoms with Crippen LogP contribution in [0.1, 0.15) is 27.4 Å². The molecule has 106 valence electrons. The zero-order valence-electron chi connectivity index (χ0n) is 11.1. The molecule has 2 aromatic rings. The number of aromatic nitrogens is 1. The number of nitrogens with zero attached hydrogens (tertiary/aromatic N) is 1. The molecule has 0 saturated carbocycles. The van der Waals surface area contributed by atoms with Gasteiger partial charge in [0.1, 0.15) is 5.76 Å². The van der Waals surface area contributed by atoms with Crippen molar-refractivity contribution in [1.82, 2.24) is 10.3 Å². The molecule has 1 aromatic heterocycles. The maximum atomic E-state index is 12.0. The lowest BCUT2D eigenvalue weighted by Gasteiger charge is -2.17. The lowest BCUT2D eigenvalue weighted by atomic mass is 10.0. The molecule has 1 aliphatic rings. The van der Waals surface area contributed by atoms with Gasteiger partial charge in [0.15, 0.2) is 12.1 Å². The predicted molar refractivity (Wildman–Crippen MR) is 78.3 cm³/mol. The molecule has 0 saturated heterocycles. The summed E-state index contributed by atoms with van der Waals surface area (Å²) in [5.41, 5.74) is 3.70. The topological polar surface area (TPSA) is 67.2 Å². The number of carbonyl (C=O) groups is 1. The van der Waals surface area contributed by atoms with E-state index < -0.39 is 0 Å². The molecule has 0 unspecified atom stereocenters. The van der Waals surface area contributed by atoms with Gasteiger partial charge >= 0.3 is 0 Å². The lowest BCUT2D eigenvalue weighted by molar-refractivity contribution is 0.102. The van der Waals surface area contributed by atoms with E-state index in [9.17, 15) is 4.79 Å². The van der Waals surface area contributed by atoms with Gasteiger partial charge in [-0.15, -0.1) is 12.4 Å². The summed E-state index contributed by atoms with van der Waals surface area (Å²) in [6, 6.07) is 6.01. The Kier molecular flexibility index (Phi) is 4.42. The van der Waals surface area contributed by atoms with Crippen LogP contribution in [-0.2, 0) is 13.0 Å². The molecule has 0 bridgehead atoms. The van der Waals surface area contributed by atoms with Gasteiger partial charge in [0.05, 0.1) is 0 Å². The fourth-order valence-electron chi connectivity index (χ4n) is 2.27. The summed E-state index contributed by atoms with van der Waals surface area (Å²) in [7, 11) is 0. The standard InChI is InChI=1S/C14H15N3O2.ClH/c1-9-13(16-8-19-9)14(18)17-12-3-2-10-4-5-15-7-11(10)6-12;/h2-3,6,8,15H,4-5,7H2,1H3,(H,17,18);1H. The molecular formula is C14H16ClN3O2. The maximum absolute atomic E-state index is 12.0. The average Bonchev–Trinajstić information content (AvgIpc) is 2.85. The van der Waals surface area contributed by atoms with Crippen LogP contribution in [0.2, 0.25) is 0 Å². The lowest BCUT2D eigenvalue weighted by Crippen LogP contribution is -2.23. The van der Waals surface area contributed by atoms with Gasteiger partial charge < -0.3 is 15.1 Å². The highest BCUT2D eigenvalue weighted by Crippen LogP contribution is 2.19. The van der Waals surface area contributed by atoms with Crippen LogP contribution in [-0.4, -0.2) is 17.4 Å². The number of oxazole rings is 1. The number of rotatable bonds is 2. The maximum Gasteiger partial charge on any atom is 0.277 e. The Hall–Kier alpha value is -1.85. The Morgan fingerprint density at radius 1 is 1.40 bits per heavy atom. The molecule has 0 spiro atoms. The molecule has 1 aliphatic heterocycles. The SMILES string of the molecule is Cc1ocnc1C(=O)Nc1ccc2c(c1)CNCC2.Cl. The van der Waals surface area contributed by atoms with Crippen molar-refractivity contribution in [2.75, 3.05) is 11.9 Å². The number of aryl methyl sites for hydroxylation is 1. The summed E-state index contributed by atoms with van der Waals surface area (Å²) in [5.74, 6) is 0.284. The number of nitrogens with one attached hydrogen (secondary N) is 2. The highest BCUT2D eigenvalue weighted by Gasteiger charge is 2.15. The molecular weight excluding hydrogens is 278 g/mol. The third-order valence-electron chi connectivity index (χ3n) is 3.31. The second-order valence-corrected chi connectivity index (χ2v) is 4.62. The molecule has 6 heteroatoms. The first-order chi connectivity index (χ1) is 9.24. The number of hydrogen-bond donors (Lipinski definition) is 2. The minimum atomic E-state index is -0.241. The van der Waals surface area contributed by atoms with E-state index in [0.29, 0.717) is 11.5 Å². The number of anilines is 1. The van der Waals surface area contributed by atoms with Gasteiger partial charge in [0, 0.05) is 12.2 Å². The first kappa shape index (κ1) is 14.6. The Morgan fingerprint density at radius 3 is 3.00 bits per heavy atom. The largest absolute Gasteiger partial charge is 0.448 e. The van der Waals surface area contributed by atoms with Crippen molar-refractivity contribution in [3.63, 3.8) is 0 Å². The van der Waals surface area contributed by atoms with Gasteiger partial charge in [0.25, 0.3) is 5.91 Å². The van der Waals surface area contributed by atoms with E-state index in [-0.39, 0.29) is 18.3 Å². The number of hydrogen-bond acceptors (Lipinski definition) is 4. The van der Waals surface area contributed by atoms with Gasteiger partial charge in [-0.05, 0) is 43.1 Å². The van der Waals surface area contributed by atoms with Crippen LogP contribution in [0, 0.1) is 6.92 Å². The van der Waals surface area contributed by atoms with Crippen LogP contribution in [0.15, 0.2) is 29.0 Å². The van der Waals surface area contributed by atoms with Crippen molar-refractivity contribution in [2.24, 2.45) is 0 Å². The molecule has 1 amide bonds. The number of halogens is 1. The van der Waals surface area contributed by atoms with Crippen LogP contribution in [0.4, 0.5) is 5.69 Å². The minimum absolute atomic E-state index is 0. The number of fused-ring (bicyclic) bond motifs is 1. The van der Waals surface area contributed by atoms with Crippen molar-refractivity contribution in [1.29, 1.82) is 0 Å². The summed E-state index contributed by atoms with van der Waals surface area (Å²) >= 11 is 0. The summed E-state index contributed by atoms with van der Waals surface area (Å²) in [6.07, 6.45) is 2.31. The van der Waals surface area contributed by atoms with Crippen molar-refractivity contribution >= 4 is 24.0 Å². The van der Waals surface area contributed by atoms with Crippen LogP contribution in [0.3, 0.4) is 0 Å². The second kappa shape index (κ2) is 6.07. The molecule has 2 heterocycles. The zero-order chi connectivity index (χ0) is 13.2. The van der Waals surface area contributed by atoms with E-state index in [1.54, 1.807) is 6.92 Å². The smallest absolute Gasteiger partial charge is 0.277 e. The number of carbonyl (C=O) groups excluding carboxylic acids is 1. The minimum Gasteiger partial charge on any atom is -0.448 e. The molecule has 1 aromatic carbocycles. The van der Waals surface area contributed by atoms with Crippen molar-refractivity contribution in [3.05, 3.63) is 47.2 Å². The van der Waals surface area contributed by atoms with Crippen LogP contribution in [0.25, 0.3) is 0 Å². The molecule has 5 nitrogen and oxygen atoms in total. The molecule has 3 rings (SSSR count). The van der Waals surface area contributed by atoms with Crippen molar-refractivity contribution in [2.45, 2.75) is 19.9 Å². The summed E-state index contributed by atoms with van der Waals surface area (Å²) in [5, 5.41) is 6.16. The molecule has 0 radical (unpaired) electrons. The summed E-state index contributed by atoms with van der Waals surface area (Å²) < 4.78 is 5.03. The van der Waals surface area contributed by atoms with Gasteiger partial charge in [-0.25, -0.2) is 4.98 Å². The van der Waals surface area contributed by atoms with E-state index in [1.165, 1.54) is 17.5 Å². The Balaban J connectivity index is 0.00000147. The highest BCUT2D eigenvalue weighted by molar-refractivity contribution is 6.03. The normalized spacial score (nSPS) is 13.2. The Bertz CT molecular complexity index is 625. The fourth-order valence-corrected chi connectivity index (χ4v) is 2.27. The number of benzene rings is 1. The Morgan fingerprint density at radius 2 is 2.25 bits per heavy atom. The Labute approximate surface area is 123 Å². The van der Waals surface area contributed by atoms with Crippen molar-refractivity contribution in [3.8, 4) is 0 Å². The van der Waals surface area contributed by atoms with Gasteiger partial charge in [-0.1, -0.05) is 6.07 Å². The molecule has 0 aliphatic carbocycles. The average molecular weight is 294 g/mol. The van der Waals surface area contributed by atoms with Crippen LogP contribution in [0.5, 0.6) is 0 Å². The predicted octanol–water partition coefficient (Wildman–Crippen LogP) is 2.30. The summed E-state index contributed by atoms with van der Waals surface area (Å²) in [4.78, 5) is 15.9. The van der Waals surface area contributed by atoms with Gasteiger partial charge in [-0.2, -0.15) is 0 Å². The van der Waals surface area contributed by atoms with E-state index in [0.717, 1.165) is 25.2 Å². The van der Waals surface area contributed by atoms with Crippen LogP contribution >= 0.6 is 12.4 Å². The molecule has 0 fully saturated rings. The molecule has 0 atom stereocenters. The monoisotopic (exact) mass is 293 g/mol. The highest BCUT2D eigenvalue weighted by atomic mass is 35.5. The van der Waals surface area contributed by atoms with E-state index in [2.05, 4.69) is 21.7 Å². The fraction of sp³-hybridized carbons (Fsp3) is 0.286. The third-order valence-corrected chi connectivity index (χ3v) is 3.31. The molecule has 20 heavy (non-hydrogen) atoms. The van der Waals surface area contributed by atoms with Crippen LogP contribution < -0.4 is 10.6 Å². The van der Waals surface area contributed by atoms with Gasteiger partial charge in [0.2, 0.25) is 0 Å². The third kappa shape index (κ3) is 2.84. The first-order valence-electron chi connectivity index (χ1n) is 6.28. The van der Waals surface area contributed by atoms with Gasteiger partial charge in [-0.3, -0.25) is 4.79 Å². The first-order valence-corrected chi connectivity index (χ1v) is 6.28. The van der Waals surface area contributed by atoms with Crippen molar-refractivity contribution < 1.29 is 9.21 Å². The summed E-state index contributed by atoms with van der Waals surface area (Å²) in [6.45, 7) is 3.58. The van der Waals surface area contributed by atoms with E-state index in [4.69, 9.17) is 4.42 Å². The quantitative estimate of drug-likeness (QED) is 0.891.